The summed E-state index contributed by atoms with van der Waals surface area (Å²) in [6, 6.07) is 8.54. The van der Waals surface area contributed by atoms with Crippen LogP contribution in [0.4, 0.5) is 0 Å². The molecule has 4 heteroatoms. The molecule has 0 aromatic heterocycles. The van der Waals surface area contributed by atoms with E-state index in [0.29, 0.717) is 0 Å². The Balaban J connectivity index is 2.11. The van der Waals surface area contributed by atoms with Gasteiger partial charge in [-0.25, -0.2) is 8.42 Å². The molecule has 2 rings (SSSR count). The molecular formula is C15H23NO2S. The third kappa shape index (κ3) is 3.37. The van der Waals surface area contributed by atoms with Crippen molar-refractivity contribution in [2.75, 3.05) is 6.26 Å². The van der Waals surface area contributed by atoms with Crippen molar-refractivity contribution in [2.45, 2.75) is 50.4 Å². The van der Waals surface area contributed by atoms with E-state index in [1.807, 2.05) is 12.1 Å². The lowest BCUT2D eigenvalue weighted by Gasteiger charge is -2.25. The standard InChI is InChI=1S/C15H23NO2S/c1-11-7-4-5-8-13(11)12(2)16-14-9-6-10-15(14)19(3,17)18/h4-5,7-8,12,14-16H,6,9-10H2,1-3H3. The van der Waals surface area contributed by atoms with Gasteiger partial charge in [-0.05, 0) is 37.8 Å². The van der Waals surface area contributed by atoms with Crippen molar-refractivity contribution in [1.29, 1.82) is 0 Å². The lowest BCUT2D eigenvalue weighted by Crippen LogP contribution is -2.41. The summed E-state index contributed by atoms with van der Waals surface area (Å²) in [6.07, 6.45) is 4.09. The van der Waals surface area contributed by atoms with Crippen LogP contribution in [0.2, 0.25) is 0 Å². The van der Waals surface area contributed by atoms with E-state index in [0.717, 1.165) is 19.3 Å². The molecule has 0 radical (unpaired) electrons. The van der Waals surface area contributed by atoms with Crippen LogP contribution in [0.25, 0.3) is 0 Å². The zero-order valence-electron chi connectivity index (χ0n) is 11.9. The zero-order valence-corrected chi connectivity index (χ0v) is 12.7. The molecule has 0 heterocycles. The summed E-state index contributed by atoms with van der Waals surface area (Å²) in [5.74, 6) is 0. The first kappa shape index (κ1) is 14.5. The normalized spacial score (nSPS) is 25.4. The fourth-order valence-electron chi connectivity index (χ4n) is 3.11. The molecule has 1 aromatic carbocycles. The molecule has 1 aliphatic carbocycles. The number of hydrogen-bond donors (Lipinski definition) is 1. The van der Waals surface area contributed by atoms with E-state index in [4.69, 9.17) is 0 Å². The van der Waals surface area contributed by atoms with E-state index in [2.05, 4.69) is 31.3 Å². The number of benzene rings is 1. The highest BCUT2D eigenvalue weighted by Crippen LogP contribution is 2.28. The predicted octanol–water partition coefficient (Wildman–Crippen LogP) is 2.61. The van der Waals surface area contributed by atoms with Crippen LogP contribution in [0.15, 0.2) is 24.3 Å². The van der Waals surface area contributed by atoms with Gasteiger partial charge in [0.1, 0.15) is 0 Å². The van der Waals surface area contributed by atoms with Crippen LogP contribution in [-0.4, -0.2) is 26.0 Å². The molecule has 1 N–H and O–H groups in total. The van der Waals surface area contributed by atoms with Crippen LogP contribution in [0, 0.1) is 6.92 Å². The molecule has 106 valence electrons. The van der Waals surface area contributed by atoms with E-state index < -0.39 is 9.84 Å². The second-order valence-electron chi connectivity index (χ2n) is 5.65. The number of nitrogens with one attached hydrogen (secondary N) is 1. The Morgan fingerprint density at radius 3 is 2.58 bits per heavy atom. The molecule has 0 saturated heterocycles. The number of rotatable bonds is 4. The van der Waals surface area contributed by atoms with Gasteiger partial charge in [-0.2, -0.15) is 0 Å². The van der Waals surface area contributed by atoms with Crippen LogP contribution < -0.4 is 5.32 Å². The van der Waals surface area contributed by atoms with Crippen LogP contribution in [0.3, 0.4) is 0 Å². The number of aryl methyl sites for hydroxylation is 1. The molecule has 0 bridgehead atoms. The van der Waals surface area contributed by atoms with Crippen molar-refractivity contribution >= 4 is 9.84 Å². The summed E-state index contributed by atoms with van der Waals surface area (Å²) in [7, 11) is -2.95. The van der Waals surface area contributed by atoms with Gasteiger partial charge in [-0.15, -0.1) is 0 Å². The Hall–Kier alpha value is -0.870. The summed E-state index contributed by atoms with van der Waals surface area (Å²) in [5.41, 5.74) is 2.50. The van der Waals surface area contributed by atoms with Crippen LogP contribution in [0.1, 0.15) is 43.4 Å². The van der Waals surface area contributed by atoms with E-state index in [1.165, 1.54) is 17.4 Å². The fraction of sp³-hybridized carbons (Fsp3) is 0.600. The molecule has 19 heavy (non-hydrogen) atoms. The zero-order chi connectivity index (χ0) is 14.0. The van der Waals surface area contributed by atoms with Gasteiger partial charge in [0.05, 0.1) is 5.25 Å². The summed E-state index contributed by atoms with van der Waals surface area (Å²) < 4.78 is 23.6. The van der Waals surface area contributed by atoms with Gasteiger partial charge in [0, 0.05) is 18.3 Å². The third-order valence-electron chi connectivity index (χ3n) is 4.12. The Labute approximate surface area is 116 Å². The van der Waals surface area contributed by atoms with Gasteiger partial charge < -0.3 is 5.32 Å². The molecule has 3 atom stereocenters. The Morgan fingerprint density at radius 2 is 1.95 bits per heavy atom. The summed E-state index contributed by atoms with van der Waals surface area (Å²) in [4.78, 5) is 0. The van der Waals surface area contributed by atoms with Gasteiger partial charge in [0.25, 0.3) is 0 Å². The molecule has 0 spiro atoms. The average molecular weight is 281 g/mol. The average Bonchev–Trinajstić information content (AvgIpc) is 2.77. The molecule has 1 saturated carbocycles. The van der Waals surface area contributed by atoms with Gasteiger partial charge in [-0.1, -0.05) is 30.7 Å². The Kier molecular flexibility index (Phi) is 4.31. The van der Waals surface area contributed by atoms with Crippen LogP contribution >= 0.6 is 0 Å². The second-order valence-corrected chi connectivity index (χ2v) is 7.91. The van der Waals surface area contributed by atoms with Crippen molar-refractivity contribution in [1.82, 2.24) is 5.32 Å². The van der Waals surface area contributed by atoms with Crippen LogP contribution in [-0.2, 0) is 9.84 Å². The molecule has 0 amide bonds. The molecule has 0 aliphatic heterocycles. The van der Waals surface area contributed by atoms with Crippen molar-refractivity contribution in [3.05, 3.63) is 35.4 Å². The fourth-order valence-corrected chi connectivity index (χ4v) is 4.52. The van der Waals surface area contributed by atoms with Crippen LogP contribution in [0.5, 0.6) is 0 Å². The maximum atomic E-state index is 11.8. The topological polar surface area (TPSA) is 46.2 Å². The number of hydrogen-bond acceptors (Lipinski definition) is 3. The highest BCUT2D eigenvalue weighted by Gasteiger charge is 2.35. The monoisotopic (exact) mass is 281 g/mol. The Bertz CT molecular complexity index is 539. The maximum absolute atomic E-state index is 11.8. The maximum Gasteiger partial charge on any atom is 0.151 e. The SMILES string of the molecule is Cc1ccccc1C(C)NC1CCCC1S(C)(=O)=O. The van der Waals surface area contributed by atoms with Crippen molar-refractivity contribution in [3.8, 4) is 0 Å². The first-order valence-corrected chi connectivity index (χ1v) is 8.85. The minimum Gasteiger partial charge on any atom is -0.306 e. The largest absolute Gasteiger partial charge is 0.306 e. The lowest BCUT2D eigenvalue weighted by atomic mass is 10.0. The lowest BCUT2D eigenvalue weighted by molar-refractivity contribution is 0.455. The summed E-state index contributed by atoms with van der Waals surface area (Å²) in [5, 5.41) is 3.29. The highest BCUT2D eigenvalue weighted by atomic mass is 32.2. The minimum absolute atomic E-state index is 0.0876. The van der Waals surface area contributed by atoms with E-state index in [1.54, 1.807) is 0 Å². The first-order chi connectivity index (χ1) is 8.89. The van der Waals surface area contributed by atoms with E-state index in [9.17, 15) is 8.42 Å². The molecule has 1 fully saturated rings. The second kappa shape index (κ2) is 5.63. The third-order valence-corrected chi connectivity index (χ3v) is 5.79. The minimum atomic E-state index is -2.95. The van der Waals surface area contributed by atoms with Crippen molar-refractivity contribution in [3.63, 3.8) is 0 Å². The molecule has 3 unspecified atom stereocenters. The quantitative estimate of drug-likeness (QED) is 0.923. The van der Waals surface area contributed by atoms with Gasteiger partial charge >= 0.3 is 0 Å². The number of sulfone groups is 1. The first-order valence-electron chi connectivity index (χ1n) is 6.90. The Morgan fingerprint density at radius 1 is 1.26 bits per heavy atom. The summed E-state index contributed by atoms with van der Waals surface area (Å²) >= 11 is 0. The van der Waals surface area contributed by atoms with Gasteiger partial charge in [0.2, 0.25) is 0 Å². The van der Waals surface area contributed by atoms with Crippen molar-refractivity contribution in [2.24, 2.45) is 0 Å². The summed E-state index contributed by atoms with van der Waals surface area (Å²) in [6.45, 7) is 4.20. The molecule has 1 aromatic rings. The van der Waals surface area contributed by atoms with E-state index >= 15 is 0 Å². The smallest absolute Gasteiger partial charge is 0.151 e. The van der Waals surface area contributed by atoms with Crippen molar-refractivity contribution < 1.29 is 8.42 Å². The molecular weight excluding hydrogens is 258 g/mol. The van der Waals surface area contributed by atoms with Gasteiger partial charge in [-0.3, -0.25) is 0 Å². The predicted molar refractivity (Wildman–Crippen MR) is 79.0 cm³/mol. The molecule has 3 nitrogen and oxygen atoms in total. The molecule has 1 aliphatic rings. The van der Waals surface area contributed by atoms with E-state index in [-0.39, 0.29) is 17.3 Å². The highest BCUT2D eigenvalue weighted by molar-refractivity contribution is 7.91. The van der Waals surface area contributed by atoms with Gasteiger partial charge in [0.15, 0.2) is 9.84 Å².